The predicted molar refractivity (Wildman–Crippen MR) is 116 cm³/mol. The molecule has 0 aliphatic carbocycles. The second-order valence-electron chi connectivity index (χ2n) is 5.78. The molecule has 0 saturated carbocycles. The Morgan fingerprint density at radius 1 is 1.07 bits per heavy atom. The van der Waals surface area contributed by atoms with Crippen LogP contribution in [-0.4, -0.2) is 26.4 Å². The quantitative estimate of drug-likeness (QED) is 0.483. The molecule has 10 heteroatoms. The Kier molecular flexibility index (Phi) is 7.07. The molecule has 6 nitrogen and oxygen atoms in total. The third-order valence-corrected chi connectivity index (χ3v) is 5.59. The third-order valence-electron chi connectivity index (χ3n) is 3.75. The second-order valence-corrected chi connectivity index (χ2v) is 8.00. The summed E-state index contributed by atoms with van der Waals surface area (Å²) in [4.78, 5) is 12.1. The van der Waals surface area contributed by atoms with Crippen LogP contribution in [0.4, 0.5) is 11.4 Å². The lowest BCUT2D eigenvalue weighted by atomic mass is 10.3. The smallest absolute Gasteiger partial charge is 0.234 e. The Morgan fingerprint density at radius 3 is 2.54 bits per heavy atom. The van der Waals surface area contributed by atoms with E-state index >= 15 is 0 Å². The van der Waals surface area contributed by atoms with E-state index in [4.69, 9.17) is 34.8 Å². The molecule has 2 aromatic carbocycles. The highest BCUT2D eigenvalue weighted by Gasteiger charge is 2.12. The van der Waals surface area contributed by atoms with Gasteiger partial charge in [0.05, 0.1) is 23.0 Å². The van der Waals surface area contributed by atoms with Gasteiger partial charge in [0.15, 0.2) is 11.0 Å². The first-order chi connectivity index (χ1) is 13.4. The van der Waals surface area contributed by atoms with Crippen LogP contribution in [0, 0.1) is 0 Å². The van der Waals surface area contributed by atoms with E-state index < -0.39 is 0 Å². The van der Waals surface area contributed by atoms with Gasteiger partial charge in [-0.05, 0) is 42.5 Å². The molecule has 0 radical (unpaired) electrons. The number of aromatic nitrogens is 3. The zero-order chi connectivity index (χ0) is 20.1. The van der Waals surface area contributed by atoms with Gasteiger partial charge >= 0.3 is 0 Å². The van der Waals surface area contributed by atoms with Crippen molar-refractivity contribution in [2.24, 2.45) is 7.05 Å². The van der Waals surface area contributed by atoms with Crippen LogP contribution in [-0.2, 0) is 18.4 Å². The summed E-state index contributed by atoms with van der Waals surface area (Å²) in [6.07, 6.45) is 0. The minimum atomic E-state index is -0.138. The van der Waals surface area contributed by atoms with Crippen molar-refractivity contribution in [2.75, 3.05) is 16.4 Å². The van der Waals surface area contributed by atoms with E-state index in [-0.39, 0.29) is 11.7 Å². The number of thioether (sulfide) groups is 1. The zero-order valence-electron chi connectivity index (χ0n) is 14.7. The molecule has 146 valence electrons. The van der Waals surface area contributed by atoms with Gasteiger partial charge in [-0.2, -0.15) is 0 Å². The van der Waals surface area contributed by atoms with Crippen LogP contribution in [0.1, 0.15) is 5.82 Å². The van der Waals surface area contributed by atoms with Crippen LogP contribution >= 0.6 is 46.6 Å². The molecule has 3 rings (SSSR count). The molecule has 0 spiro atoms. The van der Waals surface area contributed by atoms with Gasteiger partial charge in [-0.25, -0.2) is 0 Å². The molecule has 0 atom stereocenters. The summed E-state index contributed by atoms with van der Waals surface area (Å²) < 4.78 is 1.83. The van der Waals surface area contributed by atoms with Gasteiger partial charge in [-0.1, -0.05) is 46.6 Å². The lowest BCUT2D eigenvalue weighted by Crippen LogP contribution is -2.14. The summed E-state index contributed by atoms with van der Waals surface area (Å²) in [5.74, 6) is 0.777. The number of anilines is 2. The lowest BCUT2D eigenvalue weighted by molar-refractivity contribution is -0.113. The van der Waals surface area contributed by atoms with Gasteiger partial charge in [0.1, 0.15) is 0 Å². The highest BCUT2D eigenvalue weighted by molar-refractivity contribution is 7.99. The van der Waals surface area contributed by atoms with Crippen molar-refractivity contribution in [3.63, 3.8) is 0 Å². The molecule has 0 aliphatic rings. The highest BCUT2D eigenvalue weighted by Crippen LogP contribution is 2.26. The minimum absolute atomic E-state index is 0.138. The summed E-state index contributed by atoms with van der Waals surface area (Å²) in [6.45, 7) is 0.418. The number of hydrogen-bond donors (Lipinski definition) is 2. The number of amides is 1. The summed E-state index contributed by atoms with van der Waals surface area (Å²) in [5.41, 5.74) is 1.41. The lowest BCUT2D eigenvalue weighted by Gasteiger charge is -2.09. The molecule has 2 N–H and O–H groups in total. The number of hydrogen-bond acceptors (Lipinski definition) is 5. The first kappa shape index (κ1) is 20.8. The Labute approximate surface area is 181 Å². The molecule has 0 saturated heterocycles. The van der Waals surface area contributed by atoms with Crippen molar-refractivity contribution < 1.29 is 4.79 Å². The second kappa shape index (κ2) is 9.52. The first-order valence-electron chi connectivity index (χ1n) is 8.18. The van der Waals surface area contributed by atoms with Crippen LogP contribution in [0.25, 0.3) is 0 Å². The normalized spacial score (nSPS) is 10.7. The van der Waals surface area contributed by atoms with E-state index in [1.54, 1.807) is 42.5 Å². The molecule has 3 aromatic rings. The van der Waals surface area contributed by atoms with Crippen LogP contribution in [0.3, 0.4) is 0 Å². The molecule has 1 heterocycles. The fourth-order valence-corrected chi connectivity index (χ4v) is 3.50. The SMILES string of the molecule is Cn1c(CNc2cc(Cl)ccc2Cl)nnc1SCC(=O)Nc1ccc(Cl)cc1. The van der Waals surface area contributed by atoms with Crippen LogP contribution in [0.5, 0.6) is 0 Å². The van der Waals surface area contributed by atoms with Crippen LogP contribution in [0.2, 0.25) is 15.1 Å². The maximum Gasteiger partial charge on any atom is 0.234 e. The molecule has 0 bridgehead atoms. The Morgan fingerprint density at radius 2 is 1.79 bits per heavy atom. The Bertz CT molecular complexity index is 978. The van der Waals surface area contributed by atoms with Crippen LogP contribution in [0.15, 0.2) is 47.6 Å². The molecule has 0 fully saturated rings. The molecular formula is C18H16Cl3N5OS. The van der Waals surface area contributed by atoms with Gasteiger partial charge < -0.3 is 15.2 Å². The molecule has 1 amide bonds. The summed E-state index contributed by atoms with van der Waals surface area (Å²) in [7, 11) is 1.84. The maximum absolute atomic E-state index is 12.1. The molecule has 1 aromatic heterocycles. The number of halogens is 3. The average Bonchev–Trinajstić information content (AvgIpc) is 3.02. The van der Waals surface area contributed by atoms with E-state index in [2.05, 4.69) is 20.8 Å². The number of carbonyl (C=O) groups is 1. The number of nitrogens with one attached hydrogen (secondary N) is 2. The number of rotatable bonds is 7. The Balaban J connectivity index is 1.54. The first-order valence-corrected chi connectivity index (χ1v) is 10.3. The van der Waals surface area contributed by atoms with Gasteiger partial charge in [0, 0.05) is 22.8 Å². The molecule has 0 unspecified atom stereocenters. The van der Waals surface area contributed by atoms with Gasteiger partial charge in [0.25, 0.3) is 0 Å². The maximum atomic E-state index is 12.1. The van der Waals surface area contributed by atoms with E-state index in [0.717, 1.165) is 0 Å². The average molecular weight is 457 g/mol. The number of benzene rings is 2. The highest BCUT2D eigenvalue weighted by atomic mass is 35.5. The largest absolute Gasteiger partial charge is 0.376 e. The third kappa shape index (κ3) is 5.54. The zero-order valence-corrected chi connectivity index (χ0v) is 17.8. The molecule has 0 aliphatic heterocycles. The summed E-state index contributed by atoms with van der Waals surface area (Å²) in [5, 5.41) is 16.7. The number of carbonyl (C=O) groups excluding carboxylic acids is 1. The van der Waals surface area contributed by atoms with Crippen molar-refractivity contribution >= 4 is 63.8 Å². The van der Waals surface area contributed by atoms with Crippen molar-refractivity contribution in [1.29, 1.82) is 0 Å². The van der Waals surface area contributed by atoms with Crippen molar-refractivity contribution in [3.05, 3.63) is 63.4 Å². The van der Waals surface area contributed by atoms with E-state index in [1.165, 1.54) is 11.8 Å². The van der Waals surface area contributed by atoms with Gasteiger partial charge in [-0.3, -0.25) is 4.79 Å². The van der Waals surface area contributed by atoms with Crippen molar-refractivity contribution in [3.8, 4) is 0 Å². The van der Waals surface area contributed by atoms with E-state index in [1.807, 2.05) is 11.6 Å². The number of nitrogens with zero attached hydrogens (tertiary/aromatic N) is 3. The molecular weight excluding hydrogens is 441 g/mol. The predicted octanol–water partition coefficient (Wildman–Crippen LogP) is 5.12. The summed E-state index contributed by atoms with van der Waals surface area (Å²) >= 11 is 19.3. The van der Waals surface area contributed by atoms with Gasteiger partial charge in [0.2, 0.25) is 5.91 Å². The van der Waals surface area contributed by atoms with Crippen molar-refractivity contribution in [2.45, 2.75) is 11.7 Å². The van der Waals surface area contributed by atoms with Gasteiger partial charge in [-0.15, -0.1) is 10.2 Å². The standard InChI is InChI=1S/C18H16Cl3N5OS/c1-26-16(9-22-15-8-12(20)4-7-14(15)21)24-25-18(26)28-10-17(27)23-13-5-2-11(19)3-6-13/h2-8,22H,9-10H2,1H3,(H,23,27). The molecule has 28 heavy (non-hydrogen) atoms. The Hall–Kier alpha value is -1.93. The van der Waals surface area contributed by atoms with E-state index in [9.17, 15) is 4.79 Å². The summed E-state index contributed by atoms with van der Waals surface area (Å²) in [6, 6.07) is 12.1. The fourth-order valence-electron chi connectivity index (χ4n) is 2.29. The fraction of sp³-hybridized carbons (Fsp3) is 0.167. The van der Waals surface area contributed by atoms with E-state index in [0.29, 0.717) is 44.0 Å². The monoisotopic (exact) mass is 455 g/mol. The minimum Gasteiger partial charge on any atom is -0.376 e. The topological polar surface area (TPSA) is 71.8 Å². The van der Waals surface area contributed by atoms with Crippen LogP contribution < -0.4 is 10.6 Å². The van der Waals surface area contributed by atoms with Crippen molar-refractivity contribution in [1.82, 2.24) is 14.8 Å².